The Labute approximate surface area is 61.9 Å². The second kappa shape index (κ2) is 4.32. The molecule has 0 aromatic heterocycles. The van der Waals surface area contributed by atoms with Crippen LogP contribution >= 0.6 is 0 Å². The molecule has 0 aliphatic heterocycles. The Balaban J connectivity index is 3.84. The van der Waals surface area contributed by atoms with E-state index in [4.69, 9.17) is 11.5 Å². The van der Waals surface area contributed by atoms with Crippen LogP contribution in [0.3, 0.4) is 0 Å². The molecule has 0 saturated carbocycles. The van der Waals surface area contributed by atoms with Crippen molar-refractivity contribution in [2.75, 3.05) is 6.61 Å². The summed E-state index contributed by atoms with van der Waals surface area (Å²) in [5.74, 6) is 2.11. The second-order valence-corrected chi connectivity index (χ2v) is 2.61. The van der Waals surface area contributed by atoms with E-state index in [-0.39, 0.29) is 18.4 Å². The summed E-state index contributed by atoms with van der Waals surface area (Å²) in [6.45, 7) is 3.50. The predicted octanol–water partition coefficient (Wildman–Crippen LogP) is 0.245. The molecule has 0 aliphatic rings. The van der Waals surface area contributed by atoms with E-state index in [1.54, 1.807) is 13.8 Å². The van der Waals surface area contributed by atoms with Crippen LogP contribution in [0.15, 0.2) is 0 Å². The van der Waals surface area contributed by atoms with Crippen molar-refractivity contribution in [3.8, 4) is 12.3 Å². The van der Waals surface area contributed by atoms with Gasteiger partial charge in [0.2, 0.25) is 0 Å². The Morgan fingerprint density at radius 1 is 1.50 bits per heavy atom. The summed E-state index contributed by atoms with van der Waals surface area (Å²) in [6.07, 6.45) is 4.49. The highest BCUT2D eigenvalue weighted by Gasteiger charge is 2.17. The molecule has 3 atom stereocenters. The maximum atomic E-state index is 9.28. The number of hydrogen-bond donors (Lipinski definition) is 2. The van der Waals surface area contributed by atoms with Gasteiger partial charge in [-0.3, -0.25) is 0 Å². The van der Waals surface area contributed by atoms with Crippen molar-refractivity contribution >= 4 is 0 Å². The van der Waals surface area contributed by atoms with Crippen LogP contribution in [0.4, 0.5) is 0 Å². The first-order chi connectivity index (χ1) is 4.63. The lowest BCUT2D eigenvalue weighted by molar-refractivity contribution is 0.0540. The summed E-state index contributed by atoms with van der Waals surface area (Å²) in [5.41, 5.74) is 0. The molecule has 0 radical (unpaired) electrons. The monoisotopic (exact) mass is 142 g/mol. The van der Waals surface area contributed by atoms with E-state index in [0.717, 1.165) is 0 Å². The minimum Gasteiger partial charge on any atom is -0.396 e. The van der Waals surface area contributed by atoms with Gasteiger partial charge in [0.15, 0.2) is 0 Å². The molecule has 10 heavy (non-hydrogen) atoms. The molecule has 0 spiro atoms. The lowest BCUT2D eigenvalue weighted by Gasteiger charge is -2.18. The van der Waals surface area contributed by atoms with Crippen LogP contribution in [0.2, 0.25) is 0 Å². The lowest BCUT2D eigenvalue weighted by Crippen LogP contribution is -2.26. The molecule has 2 N–H and O–H groups in total. The molecule has 0 aromatic carbocycles. The Morgan fingerprint density at radius 3 is 2.30 bits per heavy atom. The number of aliphatic hydroxyl groups excluding tert-OH is 2. The maximum absolute atomic E-state index is 9.28. The second-order valence-electron chi connectivity index (χ2n) is 2.61. The minimum absolute atomic E-state index is 0.0206. The third-order valence-corrected chi connectivity index (χ3v) is 1.65. The SMILES string of the molecule is C#CC(C)C(O)C(C)CO. The Bertz CT molecular complexity index is 126. The molecule has 0 bridgehead atoms. The summed E-state index contributed by atoms with van der Waals surface area (Å²) in [6, 6.07) is 0. The summed E-state index contributed by atoms with van der Waals surface area (Å²) in [4.78, 5) is 0. The number of rotatable bonds is 3. The zero-order valence-corrected chi connectivity index (χ0v) is 6.41. The highest BCUT2D eigenvalue weighted by atomic mass is 16.3. The van der Waals surface area contributed by atoms with Crippen molar-refractivity contribution in [3.05, 3.63) is 0 Å². The summed E-state index contributed by atoms with van der Waals surface area (Å²) in [7, 11) is 0. The molecule has 2 heteroatoms. The average Bonchev–Trinajstić information content (AvgIpc) is 2.00. The van der Waals surface area contributed by atoms with Crippen LogP contribution in [-0.4, -0.2) is 22.9 Å². The zero-order chi connectivity index (χ0) is 8.15. The fraction of sp³-hybridized carbons (Fsp3) is 0.750. The first-order valence-electron chi connectivity index (χ1n) is 3.38. The third-order valence-electron chi connectivity index (χ3n) is 1.65. The summed E-state index contributed by atoms with van der Waals surface area (Å²) in [5, 5.41) is 17.9. The van der Waals surface area contributed by atoms with Gasteiger partial charge >= 0.3 is 0 Å². The molecular formula is C8H14O2. The van der Waals surface area contributed by atoms with E-state index in [0.29, 0.717) is 0 Å². The molecule has 0 aromatic rings. The third kappa shape index (κ3) is 2.38. The van der Waals surface area contributed by atoms with E-state index >= 15 is 0 Å². The summed E-state index contributed by atoms with van der Waals surface area (Å²) < 4.78 is 0. The number of hydrogen-bond acceptors (Lipinski definition) is 2. The zero-order valence-electron chi connectivity index (χ0n) is 6.41. The maximum Gasteiger partial charge on any atom is 0.0722 e. The average molecular weight is 142 g/mol. The smallest absolute Gasteiger partial charge is 0.0722 e. The van der Waals surface area contributed by atoms with Crippen molar-refractivity contribution in [3.63, 3.8) is 0 Å². The van der Waals surface area contributed by atoms with Crippen molar-refractivity contribution in [1.29, 1.82) is 0 Å². The van der Waals surface area contributed by atoms with Gasteiger partial charge in [-0.05, 0) is 6.92 Å². The van der Waals surface area contributed by atoms with Crippen LogP contribution in [0.1, 0.15) is 13.8 Å². The van der Waals surface area contributed by atoms with Crippen LogP contribution < -0.4 is 0 Å². The quantitative estimate of drug-likeness (QED) is 0.554. The Morgan fingerprint density at radius 2 is 2.00 bits per heavy atom. The number of aliphatic hydroxyl groups is 2. The van der Waals surface area contributed by atoms with E-state index in [1.807, 2.05) is 0 Å². The lowest BCUT2D eigenvalue weighted by atomic mass is 9.95. The molecule has 0 rings (SSSR count). The van der Waals surface area contributed by atoms with Gasteiger partial charge in [-0.25, -0.2) is 0 Å². The van der Waals surface area contributed by atoms with Gasteiger partial charge in [-0.1, -0.05) is 6.92 Å². The van der Waals surface area contributed by atoms with Gasteiger partial charge in [-0.15, -0.1) is 12.3 Å². The highest BCUT2D eigenvalue weighted by Crippen LogP contribution is 2.10. The van der Waals surface area contributed by atoms with Gasteiger partial charge in [0.1, 0.15) is 0 Å². The van der Waals surface area contributed by atoms with Crippen molar-refractivity contribution in [1.82, 2.24) is 0 Å². The Kier molecular flexibility index (Phi) is 4.10. The summed E-state index contributed by atoms with van der Waals surface area (Å²) >= 11 is 0. The molecule has 0 fully saturated rings. The van der Waals surface area contributed by atoms with Crippen molar-refractivity contribution < 1.29 is 10.2 Å². The minimum atomic E-state index is -0.588. The molecule has 2 nitrogen and oxygen atoms in total. The van der Waals surface area contributed by atoms with E-state index < -0.39 is 6.10 Å². The van der Waals surface area contributed by atoms with Gasteiger partial charge < -0.3 is 10.2 Å². The first-order valence-corrected chi connectivity index (χ1v) is 3.38. The molecule has 0 amide bonds. The molecular weight excluding hydrogens is 128 g/mol. The van der Waals surface area contributed by atoms with Crippen LogP contribution in [0, 0.1) is 24.2 Å². The molecule has 0 heterocycles. The Hall–Kier alpha value is -0.520. The topological polar surface area (TPSA) is 40.5 Å². The van der Waals surface area contributed by atoms with Crippen LogP contribution in [0.25, 0.3) is 0 Å². The van der Waals surface area contributed by atoms with Crippen molar-refractivity contribution in [2.45, 2.75) is 20.0 Å². The predicted molar refractivity (Wildman–Crippen MR) is 40.3 cm³/mol. The molecule has 3 unspecified atom stereocenters. The van der Waals surface area contributed by atoms with Gasteiger partial charge in [-0.2, -0.15) is 0 Å². The van der Waals surface area contributed by atoms with Crippen molar-refractivity contribution in [2.24, 2.45) is 11.8 Å². The normalized spacial score (nSPS) is 19.1. The van der Waals surface area contributed by atoms with Gasteiger partial charge in [0.05, 0.1) is 6.10 Å². The largest absolute Gasteiger partial charge is 0.396 e. The fourth-order valence-electron chi connectivity index (χ4n) is 0.699. The number of terminal acetylenes is 1. The molecule has 0 saturated heterocycles. The molecule has 0 aliphatic carbocycles. The highest BCUT2D eigenvalue weighted by molar-refractivity contribution is 4.95. The van der Waals surface area contributed by atoms with Crippen LogP contribution in [0.5, 0.6) is 0 Å². The van der Waals surface area contributed by atoms with E-state index in [1.165, 1.54) is 0 Å². The standard InChI is InChI=1S/C8H14O2/c1-4-6(2)8(10)7(3)5-9/h1,6-10H,5H2,2-3H3. The van der Waals surface area contributed by atoms with Gasteiger partial charge in [0, 0.05) is 18.4 Å². The van der Waals surface area contributed by atoms with Gasteiger partial charge in [0.25, 0.3) is 0 Å². The van der Waals surface area contributed by atoms with E-state index in [2.05, 4.69) is 5.92 Å². The fourth-order valence-corrected chi connectivity index (χ4v) is 0.699. The van der Waals surface area contributed by atoms with E-state index in [9.17, 15) is 5.11 Å². The van der Waals surface area contributed by atoms with Crippen LogP contribution in [-0.2, 0) is 0 Å². The first kappa shape index (κ1) is 9.48. The molecule has 58 valence electrons.